The fourth-order valence-corrected chi connectivity index (χ4v) is 4.70. The number of halogens is 6. The Balaban J connectivity index is 1.47. The summed E-state index contributed by atoms with van der Waals surface area (Å²) in [6.45, 7) is 3.68. The number of rotatable bonds is 12. The van der Waals surface area contributed by atoms with Gasteiger partial charge in [-0.25, -0.2) is 8.42 Å². The summed E-state index contributed by atoms with van der Waals surface area (Å²) in [4.78, 5) is 15.8. The van der Waals surface area contributed by atoms with Gasteiger partial charge < -0.3 is 14.4 Å². The lowest BCUT2D eigenvalue weighted by molar-refractivity contribution is -0.143. The highest BCUT2D eigenvalue weighted by molar-refractivity contribution is 7.89. The number of hydrogen-bond acceptors (Lipinski definition) is 7. The van der Waals surface area contributed by atoms with Crippen molar-refractivity contribution in [1.29, 1.82) is 0 Å². The maximum absolute atomic E-state index is 13.2. The van der Waals surface area contributed by atoms with E-state index in [2.05, 4.69) is 9.80 Å². The van der Waals surface area contributed by atoms with E-state index in [1.54, 1.807) is 24.3 Å². The SMILES string of the molecule is CS(=O)(=O)NC(=O)COCCN1CCN(CCc2ccccc2OCc2cc(C(F)(F)F)cc(C(F)(F)F)c2)CC1. The van der Waals surface area contributed by atoms with Crippen LogP contribution in [0.5, 0.6) is 5.75 Å². The molecule has 8 nitrogen and oxygen atoms in total. The Kier molecular flexibility index (Phi) is 11.0. The first-order chi connectivity index (χ1) is 19.1. The molecule has 1 aliphatic rings. The number of nitrogens with one attached hydrogen (secondary N) is 1. The van der Waals surface area contributed by atoms with Gasteiger partial charge in [0.2, 0.25) is 10.0 Å². The Morgan fingerprint density at radius 3 is 2.02 bits per heavy atom. The number of carbonyl (C=O) groups is 1. The van der Waals surface area contributed by atoms with Crippen LogP contribution >= 0.6 is 0 Å². The molecule has 0 radical (unpaired) electrons. The summed E-state index contributed by atoms with van der Waals surface area (Å²) in [5.41, 5.74) is -2.23. The van der Waals surface area contributed by atoms with Gasteiger partial charge in [-0.05, 0) is 41.8 Å². The first-order valence-corrected chi connectivity index (χ1v) is 14.5. The molecule has 0 unspecified atom stereocenters. The maximum atomic E-state index is 13.2. The van der Waals surface area contributed by atoms with Gasteiger partial charge >= 0.3 is 12.4 Å². The summed E-state index contributed by atoms with van der Waals surface area (Å²) >= 11 is 0. The van der Waals surface area contributed by atoms with E-state index in [-0.39, 0.29) is 24.8 Å². The fraction of sp³-hybridized carbons (Fsp3) is 0.500. The average molecular weight is 612 g/mol. The molecular formula is C26H31F6N3O5S. The van der Waals surface area contributed by atoms with Gasteiger partial charge in [0.1, 0.15) is 19.0 Å². The van der Waals surface area contributed by atoms with Crippen LogP contribution in [-0.2, 0) is 44.9 Å². The summed E-state index contributed by atoms with van der Waals surface area (Å²) in [7, 11) is -3.62. The van der Waals surface area contributed by atoms with Crippen molar-refractivity contribution < 1.29 is 49.0 Å². The number of para-hydroxylation sites is 1. The molecule has 41 heavy (non-hydrogen) atoms. The highest BCUT2D eigenvalue weighted by Gasteiger charge is 2.37. The van der Waals surface area contributed by atoms with Crippen molar-refractivity contribution in [3.8, 4) is 5.75 Å². The molecule has 0 saturated carbocycles. The molecule has 15 heteroatoms. The minimum Gasteiger partial charge on any atom is -0.489 e. The third-order valence-electron chi connectivity index (χ3n) is 6.26. The third kappa shape index (κ3) is 11.1. The molecule has 1 saturated heterocycles. The molecule has 1 fully saturated rings. The van der Waals surface area contributed by atoms with E-state index in [0.717, 1.165) is 38.0 Å². The van der Waals surface area contributed by atoms with Crippen LogP contribution in [0.3, 0.4) is 0 Å². The second kappa shape index (κ2) is 13.9. The molecule has 1 heterocycles. The van der Waals surface area contributed by atoms with Crippen molar-refractivity contribution in [2.45, 2.75) is 25.4 Å². The molecule has 1 N–H and O–H groups in total. The Morgan fingerprint density at radius 1 is 0.902 bits per heavy atom. The average Bonchev–Trinajstić information content (AvgIpc) is 2.87. The summed E-state index contributed by atoms with van der Waals surface area (Å²) in [6, 6.07) is 8.29. The molecule has 0 aliphatic carbocycles. The molecule has 1 aliphatic heterocycles. The molecule has 0 atom stereocenters. The molecule has 0 spiro atoms. The van der Waals surface area contributed by atoms with Gasteiger partial charge in [0.25, 0.3) is 5.91 Å². The van der Waals surface area contributed by atoms with E-state index in [4.69, 9.17) is 9.47 Å². The lowest BCUT2D eigenvalue weighted by Gasteiger charge is -2.34. The van der Waals surface area contributed by atoms with Crippen LogP contribution in [0.1, 0.15) is 22.3 Å². The van der Waals surface area contributed by atoms with Crippen molar-refractivity contribution in [2.24, 2.45) is 0 Å². The summed E-state index contributed by atoms with van der Waals surface area (Å²) in [5, 5.41) is 0. The lowest BCUT2D eigenvalue weighted by Crippen LogP contribution is -2.47. The standard InChI is InChI=1S/C26H31F6N3O5S/c1-41(37,38)33-24(36)18-39-13-12-35-10-8-34(9-11-35)7-6-20-4-2-3-5-23(20)40-17-19-14-21(25(27,28)29)16-22(15-19)26(30,31)32/h2-5,14-16H,6-13,17-18H2,1H3,(H,33,36). The van der Waals surface area contributed by atoms with Crippen LogP contribution in [0, 0.1) is 0 Å². The first kappa shape index (κ1) is 32.6. The maximum Gasteiger partial charge on any atom is 0.416 e. The number of amides is 1. The van der Waals surface area contributed by atoms with Gasteiger partial charge in [-0.1, -0.05) is 18.2 Å². The van der Waals surface area contributed by atoms with Crippen LogP contribution in [0.2, 0.25) is 0 Å². The summed E-state index contributed by atoms with van der Waals surface area (Å²) in [6.07, 6.45) is -8.42. The molecular weight excluding hydrogens is 580 g/mol. The predicted molar refractivity (Wildman–Crippen MR) is 138 cm³/mol. The fourth-order valence-electron chi connectivity index (χ4n) is 4.22. The first-order valence-electron chi connectivity index (χ1n) is 12.6. The van der Waals surface area contributed by atoms with E-state index in [1.165, 1.54) is 0 Å². The lowest BCUT2D eigenvalue weighted by atomic mass is 10.0. The molecule has 2 aromatic rings. The highest BCUT2D eigenvalue weighted by Crippen LogP contribution is 2.36. The van der Waals surface area contributed by atoms with Gasteiger partial charge in [-0.15, -0.1) is 0 Å². The summed E-state index contributed by atoms with van der Waals surface area (Å²) < 4.78 is 114. The van der Waals surface area contributed by atoms with Crippen LogP contribution in [0.25, 0.3) is 0 Å². The number of hydrogen-bond donors (Lipinski definition) is 1. The third-order valence-corrected chi connectivity index (χ3v) is 6.86. The minimum atomic E-state index is -4.93. The number of carbonyl (C=O) groups excluding carboxylic acids is 1. The second-order valence-electron chi connectivity index (χ2n) is 9.59. The van der Waals surface area contributed by atoms with Crippen molar-refractivity contribution in [2.75, 3.05) is 58.7 Å². The van der Waals surface area contributed by atoms with Crippen molar-refractivity contribution in [3.05, 3.63) is 64.7 Å². The van der Waals surface area contributed by atoms with Crippen molar-refractivity contribution >= 4 is 15.9 Å². The quantitative estimate of drug-likeness (QED) is 0.290. The van der Waals surface area contributed by atoms with E-state index in [1.807, 2.05) is 4.72 Å². The predicted octanol–water partition coefficient (Wildman–Crippen LogP) is 3.56. The van der Waals surface area contributed by atoms with E-state index in [0.29, 0.717) is 37.4 Å². The van der Waals surface area contributed by atoms with Gasteiger partial charge in [0.15, 0.2) is 0 Å². The van der Waals surface area contributed by atoms with Gasteiger partial charge in [-0.3, -0.25) is 14.4 Å². The Hall–Kier alpha value is -2.88. The van der Waals surface area contributed by atoms with Crippen molar-refractivity contribution in [3.63, 3.8) is 0 Å². The molecule has 3 rings (SSSR count). The molecule has 228 valence electrons. The smallest absolute Gasteiger partial charge is 0.416 e. The van der Waals surface area contributed by atoms with Crippen LogP contribution in [-0.4, -0.2) is 82.9 Å². The van der Waals surface area contributed by atoms with Gasteiger partial charge in [-0.2, -0.15) is 26.3 Å². The van der Waals surface area contributed by atoms with E-state index >= 15 is 0 Å². The number of piperazine rings is 1. The topological polar surface area (TPSA) is 88.2 Å². The largest absolute Gasteiger partial charge is 0.489 e. The Bertz CT molecular complexity index is 1250. The molecule has 2 aromatic carbocycles. The zero-order valence-corrected chi connectivity index (χ0v) is 23.0. The normalized spacial score (nSPS) is 15.6. The zero-order valence-electron chi connectivity index (χ0n) is 22.2. The van der Waals surface area contributed by atoms with Crippen LogP contribution in [0.15, 0.2) is 42.5 Å². The Morgan fingerprint density at radius 2 is 1.46 bits per heavy atom. The minimum absolute atomic E-state index is 0.0880. The number of ether oxygens (including phenoxy) is 2. The number of benzene rings is 2. The van der Waals surface area contributed by atoms with Crippen LogP contribution < -0.4 is 9.46 Å². The molecule has 0 aromatic heterocycles. The monoisotopic (exact) mass is 611 g/mol. The number of alkyl halides is 6. The van der Waals surface area contributed by atoms with E-state index < -0.39 is 46.0 Å². The zero-order chi connectivity index (χ0) is 30.3. The van der Waals surface area contributed by atoms with Gasteiger partial charge in [0, 0.05) is 39.3 Å². The number of sulfonamides is 1. The molecule has 1 amide bonds. The number of nitrogens with zero attached hydrogens (tertiary/aromatic N) is 2. The Labute approximate surface area is 234 Å². The van der Waals surface area contributed by atoms with Gasteiger partial charge in [0.05, 0.1) is 24.0 Å². The highest BCUT2D eigenvalue weighted by atomic mass is 32.2. The summed E-state index contributed by atoms with van der Waals surface area (Å²) in [5.74, 6) is -0.350. The van der Waals surface area contributed by atoms with Crippen molar-refractivity contribution in [1.82, 2.24) is 14.5 Å². The second-order valence-corrected chi connectivity index (χ2v) is 11.3. The van der Waals surface area contributed by atoms with E-state index in [9.17, 15) is 39.6 Å². The molecule has 0 bridgehead atoms. The van der Waals surface area contributed by atoms with Crippen LogP contribution in [0.4, 0.5) is 26.3 Å².